The van der Waals surface area contributed by atoms with Crippen LogP contribution in [0.25, 0.3) is 0 Å². The Morgan fingerprint density at radius 2 is 2.00 bits per heavy atom. The lowest BCUT2D eigenvalue weighted by molar-refractivity contribution is -0.158. The molecule has 18 heavy (non-hydrogen) atoms. The van der Waals surface area contributed by atoms with Gasteiger partial charge in [-0.2, -0.15) is 0 Å². The quantitative estimate of drug-likeness (QED) is 0.756. The van der Waals surface area contributed by atoms with Crippen LogP contribution in [0.2, 0.25) is 0 Å². The topological polar surface area (TPSA) is 26.3 Å². The molecule has 2 heteroatoms. The van der Waals surface area contributed by atoms with Gasteiger partial charge in [-0.05, 0) is 17.9 Å². The second-order valence-corrected chi connectivity index (χ2v) is 5.26. The van der Waals surface area contributed by atoms with Crippen molar-refractivity contribution in [1.82, 2.24) is 0 Å². The van der Waals surface area contributed by atoms with Crippen LogP contribution >= 0.6 is 0 Å². The Morgan fingerprint density at radius 1 is 1.28 bits per heavy atom. The maximum absolute atomic E-state index is 11.9. The first kappa shape index (κ1) is 13.1. The van der Waals surface area contributed by atoms with Crippen molar-refractivity contribution < 1.29 is 9.53 Å². The molecule has 3 atom stereocenters. The van der Waals surface area contributed by atoms with Gasteiger partial charge in [0, 0.05) is 5.92 Å². The maximum atomic E-state index is 11.9. The van der Waals surface area contributed by atoms with Crippen LogP contribution in [0.15, 0.2) is 30.3 Å². The second kappa shape index (κ2) is 6.03. The van der Waals surface area contributed by atoms with E-state index in [1.807, 2.05) is 6.07 Å². The number of ether oxygens (including phenoxy) is 1. The first-order chi connectivity index (χ1) is 8.74. The fourth-order valence-corrected chi connectivity index (χ4v) is 2.83. The molecule has 3 unspecified atom stereocenters. The van der Waals surface area contributed by atoms with E-state index in [-0.39, 0.29) is 11.9 Å². The predicted octanol–water partition coefficient (Wildman–Crippen LogP) is 3.77. The summed E-state index contributed by atoms with van der Waals surface area (Å²) < 4.78 is 5.39. The number of cyclic esters (lactones) is 1. The third-order valence-corrected chi connectivity index (χ3v) is 4.07. The number of benzene rings is 1. The number of carbonyl (C=O) groups is 1. The lowest BCUT2D eigenvalue weighted by Gasteiger charge is -2.35. The van der Waals surface area contributed by atoms with Crippen molar-refractivity contribution in [2.75, 3.05) is 6.61 Å². The van der Waals surface area contributed by atoms with Crippen molar-refractivity contribution >= 4 is 5.97 Å². The van der Waals surface area contributed by atoms with E-state index in [0.29, 0.717) is 18.4 Å². The molecule has 0 radical (unpaired) electrons. The Morgan fingerprint density at radius 3 is 2.67 bits per heavy atom. The van der Waals surface area contributed by atoms with E-state index in [1.54, 1.807) is 0 Å². The van der Waals surface area contributed by atoms with Crippen molar-refractivity contribution in [2.24, 2.45) is 11.8 Å². The first-order valence-corrected chi connectivity index (χ1v) is 6.95. The molecule has 0 N–H and O–H groups in total. The Bertz CT molecular complexity index is 385. The molecule has 1 heterocycles. The van der Waals surface area contributed by atoms with Gasteiger partial charge in [0.2, 0.25) is 0 Å². The Kier molecular flexibility index (Phi) is 4.40. The summed E-state index contributed by atoms with van der Waals surface area (Å²) in [5.74, 6) is 0.804. The van der Waals surface area contributed by atoms with Gasteiger partial charge in [0.25, 0.3) is 0 Å². The van der Waals surface area contributed by atoms with Gasteiger partial charge < -0.3 is 4.74 Å². The molecule has 0 aromatic heterocycles. The zero-order valence-corrected chi connectivity index (χ0v) is 11.3. The molecule has 1 saturated heterocycles. The van der Waals surface area contributed by atoms with Crippen LogP contribution in [0.1, 0.15) is 44.6 Å². The minimum absolute atomic E-state index is 0.00290. The summed E-state index contributed by atoms with van der Waals surface area (Å²) in [6.07, 6.45) is 3.19. The van der Waals surface area contributed by atoms with Crippen molar-refractivity contribution in [3.63, 3.8) is 0 Å². The number of rotatable bonds is 4. The van der Waals surface area contributed by atoms with Crippen LogP contribution in [-0.2, 0) is 9.53 Å². The Labute approximate surface area is 109 Å². The average molecular weight is 246 g/mol. The van der Waals surface area contributed by atoms with E-state index in [4.69, 9.17) is 4.74 Å². The van der Waals surface area contributed by atoms with Crippen LogP contribution in [0.5, 0.6) is 0 Å². The molecular weight excluding hydrogens is 224 g/mol. The molecule has 0 amide bonds. The molecule has 0 bridgehead atoms. The molecule has 0 aliphatic carbocycles. The zero-order chi connectivity index (χ0) is 13.0. The zero-order valence-electron chi connectivity index (χ0n) is 11.3. The molecule has 1 fully saturated rings. The molecule has 2 rings (SSSR count). The minimum Gasteiger partial charge on any atom is -0.465 e. The Hall–Kier alpha value is -1.31. The predicted molar refractivity (Wildman–Crippen MR) is 72.3 cm³/mol. The number of unbranched alkanes of at least 4 members (excludes halogenated alkanes) is 1. The fourth-order valence-electron chi connectivity index (χ4n) is 2.83. The highest BCUT2D eigenvalue weighted by Crippen LogP contribution is 2.37. The third kappa shape index (κ3) is 2.74. The van der Waals surface area contributed by atoms with Gasteiger partial charge >= 0.3 is 5.97 Å². The van der Waals surface area contributed by atoms with E-state index < -0.39 is 0 Å². The lowest BCUT2D eigenvalue weighted by atomic mass is 9.76. The molecule has 98 valence electrons. The first-order valence-electron chi connectivity index (χ1n) is 6.95. The molecule has 1 aliphatic heterocycles. The Balaban J connectivity index is 2.12. The van der Waals surface area contributed by atoms with Crippen molar-refractivity contribution in [2.45, 2.75) is 39.0 Å². The molecule has 0 saturated carbocycles. The highest BCUT2D eigenvalue weighted by atomic mass is 16.5. The lowest BCUT2D eigenvalue weighted by Crippen LogP contribution is -2.36. The summed E-state index contributed by atoms with van der Waals surface area (Å²) in [7, 11) is 0. The number of hydrogen-bond donors (Lipinski definition) is 0. The second-order valence-electron chi connectivity index (χ2n) is 5.26. The maximum Gasteiger partial charge on any atom is 0.309 e. The van der Waals surface area contributed by atoms with E-state index >= 15 is 0 Å². The summed E-state index contributed by atoms with van der Waals surface area (Å²) in [5, 5.41) is 0. The summed E-state index contributed by atoms with van der Waals surface area (Å²) in [4.78, 5) is 11.9. The van der Waals surface area contributed by atoms with Crippen LogP contribution < -0.4 is 0 Å². The summed E-state index contributed by atoms with van der Waals surface area (Å²) in [6.45, 7) is 4.89. The van der Waals surface area contributed by atoms with Crippen LogP contribution in [-0.4, -0.2) is 12.6 Å². The smallest absolute Gasteiger partial charge is 0.309 e. The van der Waals surface area contributed by atoms with Crippen molar-refractivity contribution in [3.8, 4) is 0 Å². The van der Waals surface area contributed by atoms with Gasteiger partial charge in [-0.15, -0.1) is 0 Å². The van der Waals surface area contributed by atoms with Gasteiger partial charge in [0.1, 0.15) is 0 Å². The number of hydrogen-bond acceptors (Lipinski definition) is 2. The normalized spacial score (nSPS) is 27.9. The largest absolute Gasteiger partial charge is 0.465 e. The van der Waals surface area contributed by atoms with Gasteiger partial charge in [0.15, 0.2) is 0 Å². The summed E-state index contributed by atoms with van der Waals surface area (Å²) in [5.41, 5.74) is 1.29. The van der Waals surface area contributed by atoms with Gasteiger partial charge in [-0.3, -0.25) is 4.79 Å². The van der Waals surface area contributed by atoms with E-state index in [2.05, 4.69) is 38.1 Å². The minimum atomic E-state index is 0.00290. The fraction of sp³-hybridized carbons (Fsp3) is 0.562. The van der Waals surface area contributed by atoms with Gasteiger partial charge in [0.05, 0.1) is 12.5 Å². The standard InChI is InChI=1S/C16H22O2/c1-3-4-10-14-12(2)15(11-18-16(14)17)13-8-6-5-7-9-13/h5-9,12,14-15H,3-4,10-11H2,1-2H3. The number of esters is 1. The molecule has 1 aromatic carbocycles. The molecule has 1 aliphatic rings. The van der Waals surface area contributed by atoms with E-state index in [9.17, 15) is 4.79 Å². The van der Waals surface area contributed by atoms with Crippen LogP contribution in [0.3, 0.4) is 0 Å². The molecular formula is C16H22O2. The summed E-state index contributed by atoms with van der Waals surface area (Å²) >= 11 is 0. The SMILES string of the molecule is CCCCC1C(=O)OCC(c2ccccc2)C1C. The van der Waals surface area contributed by atoms with E-state index in [1.165, 1.54) is 5.56 Å². The molecule has 2 nitrogen and oxygen atoms in total. The van der Waals surface area contributed by atoms with Crippen molar-refractivity contribution in [1.29, 1.82) is 0 Å². The third-order valence-electron chi connectivity index (χ3n) is 4.07. The van der Waals surface area contributed by atoms with Gasteiger partial charge in [-0.25, -0.2) is 0 Å². The molecule has 1 aromatic rings. The highest BCUT2D eigenvalue weighted by molar-refractivity contribution is 5.73. The number of carbonyl (C=O) groups excluding carboxylic acids is 1. The molecule has 0 spiro atoms. The van der Waals surface area contributed by atoms with Gasteiger partial charge in [-0.1, -0.05) is 57.0 Å². The van der Waals surface area contributed by atoms with E-state index in [0.717, 1.165) is 19.3 Å². The van der Waals surface area contributed by atoms with Crippen molar-refractivity contribution in [3.05, 3.63) is 35.9 Å². The van der Waals surface area contributed by atoms with Crippen LogP contribution in [0.4, 0.5) is 0 Å². The van der Waals surface area contributed by atoms with Crippen LogP contribution in [0, 0.1) is 11.8 Å². The average Bonchev–Trinajstić information content (AvgIpc) is 2.40. The monoisotopic (exact) mass is 246 g/mol. The highest BCUT2D eigenvalue weighted by Gasteiger charge is 2.37. The summed E-state index contributed by atoms with van der Waals surface area (Å²) in [6, 6.07) is 10.4.